The number of alkyl halides is 3. The zero-order valence-corrected chi connectivity index (χ0v) is 13.4. The van der Waals surface area contributed by atoms with Gasteiger partial charge in [-0.15, -0.1) is 10.2 Å². The van der Waals surface area contributed by atoms with Gasteiger partial charge in [-0.3, -0.25) is 4.98 Å². The summed E-state index contributed by atoms with van der Waals surface area (Å²) in [5.74, 6) is 0.888. The van der Waals surface area contributed by atoms with Crippen molar-refractivity contribution in [2.75, 3.05) is 0 Å². The molecule has 1 N–H and O–H groups in total. The molecule has 0 fully saturated rings. The molecule has 0 saturated carbocycles. The molecule has 8 heteroatoms. The van der Waals surface area contributed by atoms with Crippen molar-refractivity contribution in [2.45, 2.75) is 13.1 Å². The molecule has 0 saturated heterocycles. The number of rotatable bonds is 2. The summed E-state index contributed by atoms with van der Waals surface area (Å²) in [5.41, 5.74) is 1.40. The third kappa shape index (κ3) is 3.26. The van der Waals surface area contributed by atoms with Crippen LogP contribution in [-0.2, 0) is 6.18 Å². The number of halogens is 4. The molecular formula is C15H10BrF3N4. The minimum Gasteiger partial charge on any atom is -0.321 e. The van der Waals surface area contributed by atoms with Crippen LogP contribution in [0.25, 0.3) is 22.8 Å². The van der Waals surface area contributed by atoms with Crippen molar-refractivity contribution >= 4 is 15.9 Å². The van der Waals surface area contributed by atoms with Gasteiger partial charge in [0, 0.05) is 21.8 Å². The first-order chi connectivity index (χ1) is 10.8. The summed E-state index contributed by atoms with van der Waals surface area (Å²) in [6, 6.07) is 7.94. The van der Waals surface area contributed by atoms with Crippen molar-refractivity contribution in [3.05, 3.63) is 52.3 Å². The molecule has 1 aromatic carbocycles. The molecule has 0 aliphatic rings. The normalized spacial score (nSPS) is 11.7. The van der Waals surface area contributed by atoms with Crippen LogP contribution >= 0.6 is 15.9 Å². The second kappa shape index (κ2) is 5.77. The Morgan fingerprint density at radius 1 is 1.00 bits per heavy atom. The number of hydrogen-bond acceptors (Lipinski definition) is 3. The third-order valence-corrected chi connectivity index (χ3v) is 4.11. The summed E-state index contributed by atoms with van der Waals surface area (Å²) in [6.07, 6.45) is -3.34. The highest BCUT2D eigenvalue weighted by Gasteiger charge is 2.32. The topological polar surface area (TPSA) is 54.5 Å². The molecule has 118 valence electrons. The van der Waals surface area contributed by atoms with Gasteiger partial charge in [-0.25, -0.2) is 0 Å². The smallest absolute Gasteiger partial charge is 0.321 e. The van der Waals surface area contributed by atoms with Crippen LogP contribution in [0.4, 0.5) is 13.2 Å². The molecule has 3 rings (SSSR count). The van der Waals surface area contributed by atoms with Gasteiger partial charge < -0.3 is 4.98 Å². The van der Waals surface area contributed by atoms with Crippen LogP contribution in [-0.4, -0.2) is 20.2 Å². The summed E-state index contributed by atoms with van der Waals surface area (Å²) in [7, 11) is 0. The molecule has 4 nitrogen and oxygen atoms in total. The van der Waals surface area contributed by atoms with E-state index in [1.54, 1.807) is 0 Å². The minimum atomic E-state index is -4.46. The highest BCUT2D eigenvalue weighted by atomic mass is 79.9. The Balaban J connectivity index is 1.91. The zero-order valence-electron chi connectivity index (χ0n) is 11.8. The molecule has 0 atom stereocenters. The van der Waals surface area contributed by atoms with Gasteiger partial charge in [-0.2, -0.15) is 13.2 Å². The predicted octanol–water partition coefficient (Wildman–Crippen LogP) is 4.62. The number of aromatic nitrogens is 4. The van der Waals surface area contributed by atoms with E-state index in [0.717, 1.165) is 27.9 Å². The van der Waals surface area contributed by atoms with Gasteiger partial charge >= 0.3 is 6.18 Å². The first-order valence-electron chi connectivity index (χ1n) is 6.57. The fourth-order valence-corrected chi connectivity index (χ4v) is 2.34. The van der Waals surface area contributed by atoms with Crippen LogP contribution < -0.4 is 0 Å². The van der Waals surface area contributed by atoms with Crippen molar-refractivity contribution in [3.8, 4) is 22.8 Å². The van der Waals surface area contributed by atoms with Crippen molar-refractivity contribution in [3.63, 3.8) is 0 Å². The van der Waals surface area contributed by atoms with E-state index in [4.69, 9.17) is 0 Å². The summed E-state index contributed by atoms with van der Waals surface area (Å²) in [4.78, 5) is 6.40. The number of nitrogens with one attached hydrogen (secondary N) is 1. The number of aromatic amines is 1. The number of pyridine rings is 1. The second-order valence-electron chi connectivity index (χ2n) is 4.92. The number of aryl methyl sites for hydroxylation is 1. The van der Waals surface area contributed by atoms with E-state index >= 15 is 0 Å². The molecule has 0 aliphatic carbocycles. The van der Waals surface area contributed by atoms with E-state index in [9.17, 15) is 13.2 Å². The van der Waals surface area contributed by atoms with Crippen LogP contribution in [0.1, 0.15) is 11.3 Å². The molecule has 23 heavy (non-hydrogen) atoms. The molecule has 0 amide bonds. The fraction of sp³-hybridized carbons (Fsp3) is 0.133. The molecule has 0 unspecified atom stereocenters. The lowest BCUT2D eigenvalue weighted by Crippen LogP contribution is -2.07. The lowest BCUT2D eigenvalue weighted by Gasteiger charge is -2.05. The first kappa shape index (κ1) is 15.7. The summed E-state index contributed by atoms with van der Waals surface area (Å²) >= 11 is 3.44. The molecule has 0 spiro atoms. The second-order valence-corrected chi connectivity index (χ2v) is 5.77. The molecule has 2 heterocycles. The first-order valence-corrected chi connectivity index (χ1v) is 7.37. The Morgan fingerprint density at radius 3 is 2.22 bits per heavy atom. The summed E-state index contributed by atoms with van der Waals surface area (Å²) in [5, 5.41) is 7.99. The summed E-state index contributed by atoms with van der Waals surface area (Å²) < 4.78 is 38.5. The van der Waals surface area contributed by atoms with Gasteiger partial charge in [0.2, 0.25) is 0 Å². The van der Waals surface area contributed by atoms with Gasteiger partial charge in [-0.05, 0) is 30.7 Å². The Bertz CT molecular complexity index is 841. The number of hydrogen-bond donors (Lipinski definition) is 1. The maximum atomic E-state index is 12.5. The molecule has 3 aromatic rings. The van der Waals surface area contributed by atoms with Gasteiger partial charge in [0.25, 0.3) is 0 Å². The molecule has 0 aliphatic heterocycles. The Labute approximate surface area is 137 Å². The minimum absolute atomic E-state index is 0.359. The molecule has 0 bridgehead atoms. The van der Waals surface area contributed by atoms with Crippen LogP contribution in [0.2, 0.25) is 0 Å². The van der Waals surface area contributed by atoms with Gasteiger partial charge in [-0.1, -0.05) is 28.1 Å². The quantitative estimate of drug-likeness (QED) is 0.703. The lowest BCUT2D eigenvalue weighted by atomic mass is 10.1. The van der Waals surface area contributed by atoms with Crippen molar-refractivity contribution in [2.24, 2.45) is 0 Å². The van der Waals surface area contributed by atoms with Crippen molar-refractivity contribution in [1.82, 2.24) is 20.2 Å². The van der Waals surface area contributed by atoms with Crippen molar-refractivity contribution in [1.29, 1.82) is 0 Å². The van der Waals surface area contributed by atoms with E-state index in [1.807, 2.05) is 25.1 Å². The standard InChI is InChI=1S/C15H10BrF3N4/c1-8-2-3-9(6-11(8)16)13-21-14(23-22-13)10-4-5-12(20-7-10)15(17,18)19/h2-7H,1H3,(H,21,22,23). The fourth-order valence-electron chi connectivity index (χ4n) is 1.96. The average molecular weight is 383 g/mol. The van der Waals surface area contributed by atoms with Gasteiger partial charge in [0.05, 0.1) is 0 Å². The van der Waals surface area contributed by atoms with Crippen LogP contribution in [0.5, 0.6) is 0 Å². The SMILES string of the molecule is Cc1ccc(-c2nnc(-c3ccc(C(F)(F)F)nc3)[nH]2)cc1Br. The number of nitrogens with zero attached hydrogens (tertiary/aromatic N) is 3. The highest BCUT2D eigenvalue weighted by Crippen LogP contribution is 2.29. The van der Waals surface area contributed by atoms with E-state index in [-0.39, 0.29) is 0 Å². The van der Waals surface area contributed by atoms with E-state index in [2.05, 4.69) is 36.1 Å². The highest BCUT2D eigenvalue weighted by molar-refractivity contribution is 9.10. The number of H-pyrrole nitrogens is 1. The Morgan fingerprint density at radius 2 is 1.65 bits per heavy atom. The van der Waals surface area contributed by atoms with Gasteiger partial charge in [0.15, 0.2) is 11.6 Å². The van der Waals surface area contributed by atoms with Crippen molar-refractivity contribution < 1.29 is 13.2 Å². The lowest BCUT2D eigenvalue weighted by molar-refractivity contribution is -0.141. The Hall–Kier alpha value is -2.22. The predicted molar refractivity (Wildman–Crippen MR) is 82.5 cm³/mol. The van der Waals surface area contributed by atoms with E-state index < -0.39 is 11.9 Å². The van der Waals surface area contributed by atoms with E-state index in [1.165, 1.54) is 6.07 Å². The Kier molecular flexibility index (Phi) is 3.93. The average Bonchev–Trinajstić information content (AvgIpc) is 2.99. The number of benzene rings is 1. The molecule has 0 radical (unpaired) electrons. The third-order valence-electron chi connectivity index (χ3n) is 3.26. The largest absolute Gasteiger partial charge is 0.433 e. The molecule has 2 aromatic heterocycles. The van der Waals surface area contributed by atoms with Crippen LogP contribution in [0, 0.1) is 6.92 Å². The van der Waals surface area contributed by atoms with E-state index in [0.29, 0.717) is 17.2 Å². The van der Waals surface area contributed by atoms with Gasteiger partial charge in [0.1, 0.15) is 5.69 Å². The van der Waals surface area contributed by atoms with Crippen LogP contribution in [0.15, 0.2) is 41.0 Å². The molecular weight excluding hydrogens is 373 g/mol. The monoisotopic (exact) mass is 382 g/mol. The van der Waals surface area contributed by atoms with Crippen LogP contribution in [0.3, 0.4) is 0 Å². The maximum Gasteiger partial charge on any atom is 0.433 e. The maximum absolute atomic E-state index is 12.5. The zero-order chi connectivity index (χ0) is 16.6. The summed E-state index contributed by atoms with van der Waals surface area (Å²) in [6.45, 7) is 1.97.